The van der Waals surface area contributed by atoms with Crippen LogP contribution in [0, 0.1) is 12.7 Å². The fourth-order valence-electron chi connectivity index (χ4n) is 1.81. The van der Waals surface area contributed by atoms with Gasteiger partial charge in [-0.1, -0.05) is 24.9 Å². The summed E-state index contributed by atoms with van der Waals surface area (Å²) in [7, 11) is 0. The minimum atomic E-state index is -0.450. The lowest BCUT2D eigenvalue weighted by atomic mass is 10.3. The Labute approximate surface area is 128 Å². The lowest BCUT2D eigenvalue weighted by molar-refractivity contribution is 0.628. The SMILES string of the molecule is CCCCNc1cc(C)nc(Nc2ccc(F)c(Cl)c2)n1. The number of nitrogens with one attached hydrogen (secondary N) is 2. The van der Waals surface area contributed by atoms with Crippen LogP contribution in [-0.2, 0) is 0 Å². The van der Waals surface area contributed by atoms with Gasteiger partial charge in [0.25, 0.3) is 0 Å². The second-order valence-electron chi connectivity index (χ2n) is 4.75. The van der Waals surface area contributed by atoms with Crippen molar-refractivity contribution in [2.45, 2.75) is 26.7 Å². The molecule has 112 valence electrons. The number of aryl methyl sites for hydroxylation is 1. The van der Waals surface area contributed by atoms with E-state index >= 15 is 0 Å². The van der Waals surface area contributed by atoms with Crippen LogP contribution in [0.2, 0.25) is 5.02 Å². The van der Waals surface area contributed by atoms with Crippen molar-refractivity contribution in [3.63, 3.8) is 0 Å². The van der Waals surface area contributed by atoms with E-state index in [9.17, 15) is 4.39 Å². The number of hydrogen-bond acceptors (Lipinski definition) is 4. The minimum absolute atomic E-state index is 0.0638. The molecule has 0 aliphatic heterocycles. The topological polar surface area (TPSA) is 49.8 Å². The van der Waals surface area contributed by atoms with Crippen LogP contribution in [0.3, 0.4) is 0 Å². The van der Waals surface area contributed by atoms with Gasteiger partial charge in [-0.15, -0.1) is 0 Å². The molecular weight excluding hydrogens is 291 g/mol. The number of nitrogens with zero attached hydrogens (tertiary/aromatic N) is 2. The number of rotatable bonds is 6. The van der Waals surface area contributed by atoms with Crippen LogP contribution in [0.5, 0.6) is 0 Å². The first-order valence-corrected chi connectivity index (χ1v) is 7.28. The molecule has 1 heterocycles. The summed E-state index contributed by atoms with van der Waals surface area (Å²) < 4.78 is 13.1. The van der Waals surface area contributed by atoms with E-state index in [1.54, 1.807) is 6.07 Å². The first-order chi connectivity index (χ1) is 10.1. The predicted octanol–water partition coefficient (Wildman–Crippen LogP) is 4.53. The molecule has 0 unspecified atom stereocenters. The van der Waals surface area contributed by atoms with E-state index in [-0.39, 0.29) is 5.02 Å². The Morgan fingerprint density at radius 3 is 2.76 bits per heavy atom. The van der Waals surface area contributed by atoms with Crippen LogP contribution in [0.15, 0.2) is 24.3 Å². The maximum atomic E-state index is 13.1. The van der Waals surface area contributed by atoms with Crippen molar-refractivity contribution >= 4 is 29.1 Å². The van der Waals surface area contributed by atoms with Crippen LogP contribution in [-0.4, -0.2) is 16.5 Å². The Balaban J connectivity index is 2.13. The van der Waals surface area contributed by atoms with E-state index in [2.05, 4.69) is 27.5 Å². The average Bonchev–Trinajstić information content (AvgIpc) is 2.43. The number of benzene rings is 1. The minimum Gasteiger partial charge on any atom is -0.370 e. The molecule has 0 aliphatic carbocycles. The Morgan fingerprint density at radius 1 is 1.24 bits per heavy atom. The zero-order chi connectivity index (χ0) is 15.2. The van der Waals surface area contributed by atoms with E-state index in [1.165, 1.54) is 12.1 Å². The van der Waals surface area contributed by atoms with Crippen molar-refractivity contribution < 1.29 is 4.39 Å². The van der Waals surface area contributed by atoms with E-state index < -0.39 is 5.82 Å². The van der Waals surface area contributed by atoms with E-state index in [1.807, 2.05) is 13.0 Å². The molecule has 0 aliphatic rings. The molecule has 6 heteroatoms. The summed E-state index contributed by atoms with van der Waals surface area (Å²) in [5.41, 5.74) is 1.49. The molecule has 1 aromatic heterocycles. The van der Waals surface area contributed by atoms with Gasteiger partial charge in [0, 0.05) is 24.0 Å². The van der Waals surface area contributed by atoms with Crippen LogP contribution in [0.25, 0.3) is 0 Å². The van der Waals surface area contributed by atoms with Gasteiger partial charge in [0.15, 0.2) is 0 Å². The van der Waals surface area contributed by atoms with Crippen molar-refractivity contribution in [2.24, 2.45) is 0 Å². The largest absolute Gasteiger partial charge is 0.370 e. The third-order valence-electron chi connectivity index (χ3n) is 2.87. The fourth-order valence-corrected chi connectivity index (χ4v) is 1.99. The normalized spacial score (nSPS) is 10.5. The summed E-state index contributed by atoms with van der Waals surface area (Å²) >= 11 is 5.76. The summed E-state index contributed by atoms with van der Waals surface area (Å²) in [4.78, 5) is 8.69. The molecule has 0 bridgehead atoms. The smallest absolute Gasteiger partial charge is 0.229 e. The first kappa shape index (κ1) is 15.5. The van der Waals surface area contributed by atoms with E-state index in [0.29, 0.717) is 11.6 Å². The molecule has 1 aromatic carbocycles. The molecule has 0 spiro atoms. The van der Waals surface area contributed by atoms with Gasteiger partial charge in [0.05, 0.1) is 5.02 Å². The van der Waals surface area contributed by atoms with Crippen molar-refractivity contribution in [3.05, 3.63) is 40.8 Å². The number of hydrogen-bond donors (Lipinski definition) is 2. The lowest BCUT2D eigenvalue weighted by Gasteiger charge is -2.10. The maximum Gasteiger partial charge on any atom is 0.229 e. The second kappa shape index (κ2) is 7.22. The van der Waals surface area contributed by atoms with Gasteiger partial charge in [0.2, 0.25) is 5.95 Å². The summed E-state index contributed by atoms with van der Waals surface area (Å²) in [5, 5.41) is 6.35. The molecule has 0 fully saturated rings. The molecule has 0 atom stereocenters. The highest BCUT2D eigenvalue weighted by atomic mass is 35.5. The van der Waals surface area contributed by atoms with E-state index in [0.717, 1.165) is 30.9 Å². The molecule has 0 radical (unpaired) electrons. The van der Waals surface area contributed by atoms with Gasteiger partial charge >= 0.3 is 0 Å². The van der Waals surface area contributed by atoms with Gasteiger partial charge in [-0.3, -0.25) is 0 Å². The summed E-state index contributed by atoms with van der Waals surface area (Å²) in [6.45, 7) is 4.91. The quantitative estimate of drug-likeness (QED) is 0.770. The zero-order valence-corrected chi connectivity index (χ0v) is 12.8. The third-order valence-corrected chi connectivity index (χ3v) is 3.16. The highest BCUT2D eigenvalue weighted by Gasteiger charge is 2.05. The molecular formula is C15H18ClFN4. The predicted molar refractivity (Wildman–Crippen MR) is 84.9 cm³/mol. The van der Waals surface area contributed by atoms with Gasteiger partial charge in [-0.25, -0.2) is 9.37 Å². The molecule has 21 heavy (non-hydrogen) atoms. The molecule has 0 amide bonds. The van der Waals surface area contributed by atoms with Gasteiger partial charge in [-0.05, 0) is 31.5 Å². The first-order valence-electron chi connectivity index (χ1n) is 6.90. The van der Waals surface area contributed by atoms with Crippen molar-refractivity contribution in [3.8, 4) is 0 Å². The molecule has 0 saturated carbocycles. The Bertz CT molecular complexity index is 619. The van der Waals surface area contributed by atoms with Gasteiger partial charge in [-0.2, -0.15) is 4.98 Å². The Kier molecular flexibility index (Phi) is 5.33. The summed E-state index contributed by atoms with van der Waals surface area (Å²) in [6.07, 6.45) is 2.20. The number of unbranched alkanes of at least 4 members (excludes halogenated alkanes) is 1. The summed E-state index contributed by atoms with van der Waals surface area (Å²) in [6, 6.07) is 6.29. The molecule has 2 rings (SSSR count). The lowest BCUT2D eigenvalue weighted by Crippen LogP contribution is -2.06. The van der Waals surface area contributed by atoms with Crippen molar-refractivity contribution in [1.29, 1.82) is 0 Å². The molecule has 2 aromatic rings. The van der Waals surface area contributed by atoms with E-state index in [4.69, 9.17) is 11.6 Å². The second-order valence-corrected chi connectivity index (χ2v) is 5.16. The Morgan fingerprint density at radius 2 is 2.05 bits per heavy atom. The van der Waals surface area contributed by atoms with Crippen LogP contribution in [0.1, 0.15) is 25.5 Å². The van der Waals surface area contributed by atoms with Gasteiger partial charge < -0.3 is 10.6 Å². The van der Waals surface area contributed by atoms with Crippen LogP contribution >= 0.6 is 11.6 Å². The standard InChI is InChI=1S/C15H18ClFN4/c1-3-4-7-18-14-8-10(2)19-15(21-14)20-11-5-6-13(17)12(16)9-11/h5-6,8-9H,3-4,7H2,1-2H3,(H2,18,19,20,21). The number of aromatic nitrogens is 2. The monoisotopic (exact) mass is 308 g/mol. The zero-order valence-electron chi connectivity index (χ0n) is 12.1. The highest BCUT2D eigenvalue weighted by Crippen LogP contribution is 2.22. The maximum absolute atomic E-state index is 13.1. The molecule has 4 nitrogen and oxygen atoms in total. The fraction of sp³-hybridized carbons (Fsp3) is 0.333. The highest BCUT2D eigenvalue weighted by molar-refractivity contribution is 6.31. The number of anilines is 3. The van der Waals surface area contributed by atoms with Crippen LogP contribution in [0.4, 0.5) is 21.8 Å². The van der Waals surface area contributed by atoms with Crippen molar-refractivity contribution in [2.75, 3.05) is 17.2 Å². The Hall–Kier alpha value is -1.88. The molecule has 0 saturated heterocycles. The number of halogens is 2. The molecule has 2 N–H and O–H groups in total. The van der Waals surface area contributed by atoms with Crippen LogP contribution < -0.4 is 10.6 Å². The third kappa shape index (κ3) is 4.56. The van der Waals surface area contributed by atoms with Gasteiger partial charge in [0.1, 0.15) is 11.6 Å². The average molecular weight is 309 g/mol. The summed E-state index contributed by atoms with van der Waals surface area (Å²) in [5.74, 6) is 0.776. The van der Waals surface area contributed by atoms with Crippen molar-refractivity contribution in [1.82, 2.24) is 9.97 Å².